The van der Waals surface area contributed by atoms with E-state index >= 15 is 0 Å². The first-order chi connectivity index (χ1) is 12.5. The van der Waals surface area contributed by atoms with Gasteiger partial charge in [-0.25, -0.2) is 0 Å². The van der Waals surface area contributed by atoms with Crippen LogP contribution < -0.4 is 9.47 Å². The van der Waals surface area contributed by atoms with Crippen molar-refractivity contribution in [1.82, 2.24) is 10.1 Å². The zero-order valence-corrected chi connectivity index (χ0v) is 15.5. The number of benzene rings is 1. The molecule has 0 saturated carbocycles. The molecule has 1 amide bonds. The maximum absolute atomic E-state index is 13.0. The van der Waals surface area contributed by atoms with Gasteiger partial charge in [-0.05, 0) is 19.1 Å². The lowest BCUT2D eigenvalue weighted by atomic mass is 10.0. The molecule has 140 valence electrons. The summed E-state index contributed by atoms with van der Waals surface area (Å²) in [6.45, 7) is 3.01. The van der Waals surface area contributed by atoms with Gasteiger partial charge >= 0.3 is 0 Å². The van der Waals surface area contributed by atoms with Crippen LogP contribution in [-0.4, -0.2) is 56.5 Å². The molecular formula is C19H24N2O5. The predicted molar refractivity (Wildman–Crippen MR) is 94.7 cm³/mol. The van der Waals surface area contributed by atoms with Gasteiger partial charge in [-0.15, -0.1) is 0 Å². The van der Waals surface area contributed by atoms with E-state index in [4.69, 9.17) is 18.7 Å². The standard InChI is InChI=1S/C19H24N2O5/c1-12-7-15(26-20-12)8-13-10-21(11-18(13)25-4)19(22)16-6-5-14(23-2)9-17(16)24-3/h5-7,9,13,18H,8,10-11H2,1-4H3/t13-,18+/m1/s1. The van der Waals surface area contributed by atoms with Crippen molar-refractivity contribution in [3.8, 4) is 11.5 Å². The normalized spacial score (nSPS) is 19.6. The molecule has 0 unspecified atom stereocenters. The number of rotatable bonds is 6. The van der Waals surface area contributed by atoms with E-state index in [0.29, 0.717) is 36.6 Å². The van der Waals surface area contributed by atoms with Crippen molar-refractivity contribution in [2.24, 2.45) is 5.92 Å². The van der Waals surface area contributed by atoms with Gasteiger partial charge in [0.25, 0.3) is 5.91 Å². The number of likely N-dealkylation sites (tertiary alicyclic amines) is 1. The number of carbonyl (C=O) groups is 1. The molecule has 0 radical (unpaired) electrons. The Morgan fingerprint density at radius 2 is 2.04 bits per heavy atom. The Bertz CT molecular complexity index is 773. The van der Waals surface area contributed by atoms with Gasteiger partial charge in [0.2, 0.25) is 0 Å². The summed E-state index contributed by atoms with van der Waals surface area (Å²) >= 11 is 0. The fraction of sp³-hybridized carbons (Fsp3) is 0.474. The number of aryl methyl sites for hydroxylation is 1. The Morgan fingerprint density at radius 3 is 2.65 bits per heavy atom. The summed E-state index contributed by atoms with van der Waals surface area (Å²) in [5.74, 6) is 2.03. The van der Waals surface area contributed by atoms with Crippen molar-refractivity contribution in [3.63, 3.8) is 0 Å². The summed E-state index contributed by atoms with van der Waals surface area (Å²) in [4.78, 5) is 14.8. The Balaban J connectivity index is 1.76. The minimum atomic E-state index is -0.0807. The molecule has 1 aliphatic heterocycles. The molecule has 7 heteroatoms. The molecule has 2 atom stereocenters. The maximum Gasteiger partial charge on any atom is 0.257 e. The number of carbonyl (C=O) groups excluding carboxylic acids is 1. The lowest BCUT2D eigenvalue weighted by Gasteiger charge is -2.18. The third-order valence-electron chi connectivity index (χ3n) is 4.75. The number of amides is 1. The molecule has 0 N–H and O–H groups in total. The van der Waals surface area contributed by atoms with Gasteiger partial charge in [0.1, 0.15) is 17.3 Å². The van der Waals surface area contributed by atoms with Gasteiger partial charge in [0, 0.05) is 44.7 Å². The lowest BCUT2D eigenvalue weighted by Crippen LogP contribution is -2.30. The van der Waals surface area contributed by atoms with Crippen LogP contribution in [0, 0.1) is 12.8 Å². The van der Waals surface area contributed by atoms with Crippen LogP contribution in [0.3, 0.4) is 0 Å². The molecule has 2 aromatic rings. The van der Waals surface area contributed by atoms with Gasteiger partial charge in [-0.2, -0.15) is 0 Å². The molecule has 1 aromatic heterocycles. The number of hydrogen-bond acceptors (Lipinski definition) is 6. The summed E-state index contributed by atoms with van der Waals surface area (Å²) in [6, 6.07) is 7.12. The van der Waals surface area contributed by atoms with Crippen LogP contribution in [0.5, 0.6) is 11.5 Å². The molecule has 2 heterocycles. The van der Waals surface area contributed by atoms with Gasteiger partial charge < -0.3 is 23.6 Å². The monoisotopic (exact) mass is 360 g/mol. The first-order valence-corrected chi connectivity index (χ1v) is 8.52. The van der Waals surface area contributed by atoms with E-state index in [1.165, 1.54) is 0 Å². The van der Waals surface area contributed by atoms with Crippen molar-refractivity contribution in [1.29, 1.82) is 0 Å². The summed E-state index contributed by atoms with van der Waals surface area (Å²) < 4.78 is 21.5. The molecular weight excluding hydrogens is 336 g/mol. The molecule has 26 heavy (non-hydrogen) atoms. The number of methoxy groups -OCH3 is 3. The fourth-order valence-corrected chi connectivity index (χ4v) is 3.39. The van der Waals surface area contributed by atoms with Crippen LogP contribution >= 0.6 is 0 Å². The number of aromatic nitrogens is 1. The lowest BCUT2D eigenvalue weighted by molar-refractivity contribution is 0.0670. The van der Waals surface area contributed by atoms with Crippen molar-refractivity contribution >= 4 is 5.91 Å². The molecule has 0 bridgehead atoms. The molecule has 1 aliphatic rings. The highest BCUT2D eigenvalue weighted by atomic mass is 16.5. The molecule has 1 saturated heterocycles. The predicted octanol–water partition coefficient (Wildman–Crippen LogP) is 2.33. The highest BCUT2D eigenvalue weighted by Gasteiger charge is 2.37. The third-order valence-corrected chi connectivity index (χ3v) is 4.75. The second-order valence-corrected chi connectivity index (χ2v) is 6.45. The van der Waals surface area contributed by atoms with Crippen molar-refractivity contribution in [3.05, 3.63) is 41.3 Å². The number of ether oxygens (including phenoxy) is 3. The smallest absolute Gasteiger partial charge is 0.257 e. The zero-order valence-electron chi connectivity index (χ0n) is 15.5. The number of hydrogen-bond donors (Lipinski definition) is 0. The van der Waals surface area contributed by atoms with Crippen LogP contribution in [0.2, 0.25) is 0 Å². The second-order valence-electron chi connectivity index (χ2n) is 6.45. The van der Waals surface area contributed by atoms with Gasteiger partial charge in [-0.1, -0.05) is 5.16 Å². The molecule has 0 spiro atoms. The van der Waals surface area contributed by atoms with Crippen LogP contribution in [0.15, 0.2) is 28.8 Å². The minimum absolute atomic E-state index is 0.0476. The molecule has 1 fully saturated rings. The molecule has 1 aromatic carbocycles. The Hall–Kier alpha value is -2.54. The van der Waals surface area contributed by atoms with E-state index in [-0.39, 0.29) is 17.9 Å². The van der Waals surface area contributed by atoms with Crippen LogP contribution in [0.25, 0.3) is 0 Å². The fourth-order valence-electron chi connectivity index (χ4n) is 3.39. The largest absolute Gasteiger partial charge is 0.497 e. The van der Waals surface area contributed by atoms with Crippen LogP contribution in [-0.2, 0) is 11.2 Å². The highest BCUT2D eigenvalue weighted by molar-refractivity contribution is 5.97. The molecule has 3 rings (SSSR count). The van der Waals surface area contributed by atoms with E-state index in [1.807, 2.05) is 13.0 Å². The number of nitrogens with zero attached hydrogens (tertiary/aromatic N) is 2. The highest BCUT2D eigenvalue weighted by Crippen LogP contribution is 2.29. The van der Waals surface area contributed by atoms with E-state index in [0.717, 1.165) is 11.5 Å². The summed E-state index contributed by atoms with van der Waals surface area (Å²) in [5, 5.41) is 3.93. The quantitative estimate of drug-likeness (QED) is 0.787. The Labute approximate surface area is 152 Å². The summed E-state index contributed by atoms with van der Waals surface area (Å²) in [6.07, 6.45) is 0.636. The van der Waals surface area contributed by atoms with E-state index in [2.05, 4.69) is 5.16 Å². The minimum Gasteiger partial charge on any atom is -0.497 e. The third kappa shape index (κ3) is 3.67. The average Bonchev–Trinajstić information content (AvgIpc) is 3.26. The van der Waals surface area contributed by atoms with E-state index < -0.39 is 0 Å². The SMILES string of the molecule is COc1ccc(C(=O)N2C[C@@H](Cc3cc(C)no3)[C@@H](OC)C2)c(OC)c1. The van der Waals surface area contributed by atoms with E-state index in [9.17, 15) is 4.79 Å². The van der Waals surface area contributed by atoms with E-state index in [1.54, 1.807) is 44.4 Å². The van der Waals surface area contributed by atoms with Crippen LogP contribution in [0.1, 0.15) is 21.8 Å². The van der Waals surface area contributed by atoms with Crippen molar-refractivity contribution in [2.75, 3.05) is 34.4 Å². The second kappa shape index (κ2) is 7.78. The Kier molecular flexibility index (Phi) is 5.46. The summed E-state index contributed by atoms with van der Waals surface area (Å²) in [7, 11) is 4.80. The van der Waals surface area contributed by atoms with Crippen molar-refractivity contribution in [2.45, 2.75) is 19.4 Å². The van der Waals surface area contributed by atoms with Crippen molar-refractivity contribution < 1.29 is 23.5 Å². The summed E-state index contributed by atoms with van der Waals surface area (Å²) in [5.41, 5.74) is 1.36. The van der Waals surface area contributed by atoms with Gasteiger partial charge in [-0.3, -0.25) is 4.79 Å². The first-order valence-electron chi connectivity index (χ1n) is 8.52. The van der Waals surface area contributed by atoms with Gasteiger partial charge in [0.15, 0.2) is 0 Å². The topological polar surface area (TPSA) is 74.0 Å². The Morgan fingerprint density at radius 1 is 1.23 bits per heavy atom. The first kappa shape index (κ1) is 18.3. The maximum atomic E-state index is 13.0. The molecule has 7 nitrogen and oxygen atoms in total. The molecule has 0 aliphatic carbocycles. The zero-order chi connectivity index (χ0) is 18.7. The van der Waals surface area contributed by atoms with Crippen LogP contribution in [0.4, 0.5) is 0 Å². The van der Waals surface area contributed by atoms with Gasteiger partial charge in [0.05, 0.1) is 31.6 Å². The average molecular weight is 360 g/mol.